The van der Waals surface area contributed by atoms with E-state index >= 15 is 0 Å². The van der Waals surface area contributed by atoms with Crippen LogP contribution in [0.4, 0.5) is 0 Å². The summed E-state index contributed by atoms with van der Waals surface area (Å²) in [7, 11) is 0. The number of carboxylic acid groups (broad SMARTS) is 6. The molecule has 192 valence electrons. The summed E-state index contributed by atoms with van der Waals surface area (Å²) in [6.45, 7) is 0. The number of carbonyl (C=O) groups excluding carboxylic acids is 6. The first-order chi connectivity index (χ1) is 14.8. The van der Waals surface area contributed by atoms with Gasteiger partial charge in [-0.25, -0.2) is 0 Å². The Bertz CT molecular complexity index is 551. The van der Waals surface area contributed by atoms with Crippen molar-refractivity contribution in [1.82, 2.24) is 0 Å². The SMILES string of the molecule is O=C([O-])C(O)SC(O)C(=O)[O-].O=C([O-])C(O)SC(O)C(=O)[O-].O=C([O-])C(O)SC(O)C(=O)[O-].[Al+3].[Al+3]. The molecule has 35 heavy (non-hydrogen) atoms. The maximum atomic E-state index is 9.75. The summed E-state index contributed by atoms with van der Waals surface area (Å²) < 4.78 is 0. The second-order valence-electron chi connectivity index (χ2n) is 4.44. The minimum absolute atomic E-state index is 0. The molecule has 23 heteroatoms. The number of carboxylic acids is 6. The molecular formula is C12H12Al2O18S3. The standard InChI is InChI=1S/3C4H6O6S.2Al/c3*5-1(6)3(9)11-4(10)2(7)8;;/h3*3-4,9-10H,(H,5,6)(H,7,8);;/q;;;2*+3/p-6. The average Bonchev–Trinajstić information content (AvgIpc) is 2.67. The summed E-state index contributed by atoms with van der Waals surface area (Å²) in [6.07, 6.45) is 0. The summed E-state index contributed by atoms with van der Waals surface area (Å²) in [6, 6.07) is 0. The van der Waals surface area contributed by atoms with E-state index in [1.54, 1.807) is 0 Å². The molecule has 0 fully saturated rings. The summed E-state index contributed by atoms with van der Waals surface area (Å²) in [4.78, 5) is 58.5. The van der Waals surface area contributed by atoms with Crippen molar-refractivity contribution in [2.75, 3.05) is 0 Å². The Morgan fingerprint density at radius 3 is 0.514 bits per heavy atom. The summed E-state index contributed by atoms with van der Waals surface area (Å²) in [5.41, 5.74) is -12.4. The van der Waals surface area contributed by atoms with Crippen molar-refractivity contribution >= 4 is 106 Å². The second-order valence-corrected chi connectivity index (χ2v) is 7.93. The van der Waals surface area contributed by atoms with Gasteiger partial charge < -0.3 is 90.0 Å². The van der Waals surface area contributed by atoms with Gasteiger partial charge in [-0.2, -0.15) is 0 Å². The molecule has 0 spiro atoms. The van der Waals surface area contributed by atoms with Crippen LogP contribution < -0.4 is 30.6 Å². The van der Waals surface area contributed by atoms with Crippen molar-refractivity contribution in [3.8, 4) is 0 Å². The van der Waals surface area contributed by atoms with Crippen LogP contribution in [0, 0.1) is 0 Å². The molecule has 0 rings (SSSR count). The third kappa shape index (κ3) is 25.6. The van der Waals surface area contributed by atoms with E-state index in [4.69, 9.17) is 30.6 Å². The summed E-state index contributed by atoms with van der Waals surface area (Å²) in [5.74, 6) is -11.2. The minimum atomic E-state index is -2.07. The van der Waals surface area contributed by atoms with Gasteiger partial charge in [0.2, 0.25) is 0 Å². The Kier molecular flexibility index (Phi) is 28.9. The molecule has 0 aromatic carbocycles. The maximum absolute atomic E-state index is 9.75. The maximum Gasteiger partial charge on any atom is 3.00 e. The smallest absolute Gasteiger partial charge is 0.546 e. The van der Waals surface area contributed by atoms with Crippen molar-refractivity contribution in [3.05, 3.63) is 0 Å². The molecule has 0 aliphatic rings. The molecule has 18 nitrogen and oxygen atoms in total. The zero-order chi connectivity index (χ0) is 27.0. The van der Waals surface area contributed by atoms with Crippen LogP contribution in [0.5, 0.6) is 0 Å². The van der Waals surface area contributed by atoms with Crippen LogP contribution in [0.2, 0.25) is 0 Å². The van der Waals surface area contributed by atoms with Gasteiger partial charge in [0.25, 0.3) is 0 Å². The van der Waals surface area contributed by atoms with E-state index in [1.165, 1.54) is 0 Å². The van der Waals surface area contributed by atoms with Crippen LogP contribution in [0.25, 0.3) is 0 Å². The van der Waals surface area contributed by atoms with Gasteiger partial charge in [0.15, 0.2) is 0 Å². The van der Waals surface area contributed by atoms with E-state index < -0.39 is 68.4 Å². The van der Waals surface area contributed by atoms with Crippen molar-refractivity contribution in [3.63, 3.8) is 0 Å². The molecule has 6 N–H and O–H groups in total. The quantitative estimate of drug-likeness (QED) is 0.0901. The van der Waals surface area contributed by atoms with Crippen molar-refractivity contribution in [2.24, 2.45) is 0 Å². The third-order valence-corrected chi connectivity index (χ3v) is 4.68. The van der Waals surface area contributed by atoms with Crippen LogP contribution in [0.15, 0.2) is 0 Å². The van der Waals surface area contributed by atoms with Crippen molar-refractivity contribution in [2.45, 2.75) is 32.6 Å². The largest absolute Gasteiger partial charge is 3.00 e. The van der Waals surface area contributed by atoms with E-state index in [1.807, 2.05) is 0 Å². The number of aliphatic hydroxyl groups is 6. The van der Waals surface area contributed by atoms with E-state index in [9.17, 15) is 59.4 Å². The monoisotopic (exact) mass is 594 g/mol. The topological polar surface area (TPSA) is 362 Å². The fourth-order valence-corrected chi connectivity index (χ4v) is 2.10. The Hall–Kier alpha value is -1.31. The molecule has 6 unspecified atom stereocenters. The Morgan fingerprint density at radius 2 is 0.457 bits per heavy atom. The van der Waals surface area contributed by atoms with Gasteiger partial charge in [0.05, 0.1) is 35.8 Å². The number of aliphatic hydroxyl groups excluding tert-OH is 6. The first-order valence-corrected chi connectivity index (χ1v) is 9.97. The van der Waals surface area contributed by atoms with E-state index in [0.29, 0.717) is 0 Å². The molecule has 0 saturated carbocycles. The Morgan fingerprint density at radius 1 is 0.371 bits per heavy atom. The molecule has 0 heterocycles. The molecule has 0 bridgehead atoms. The molecule has 0 aromatic rings. The molecular weight excluding hydrogens is 582 g/mol. The summed E-state index contributed by atoms with van der Waals surface area (Å²) in [5, 5.41) is 109. The zero-order valence-electron chi connectivity index (χ0n) is 16.4. The molecule has 0 aliphatic heterocycles. The summed E-state index contributed by atoms with van der Waals surface area (Å²) >= 11 is -0.292. The second kappa shape index (κ2) is 23.1. The number of thioether (sulfide) groups is 3. The zero-order valence-corrected chi connectivity index (χ0v) is 21.2. The number of hydrogen-bond donors (Lipinski definition) is 6. The minimum Gasteiger partial charge on any atom is -0.546 e. The van der Waals surface area contributed by atoms with Gasteiger partial charge in [0.1, 0.15) is 32.6 Å². The van der Waals surface area contributed by atoms with Gasteiger partial charge >= 0.3 is 34.7 Å². The average molecular weight is 594 g/mol. The Balaban J connectivity index is -0.000000125. The third-order valence-electron chi connectivity index (χ3n) is 1.98. The van der Waals surface area contributed by atoms with Crippen LogP contribution in [-0.4, -0.2) is 134 Å². The molecule has 0 saturated heterocycles. The first kappa shape index (κ1) is 43.7. The van der Waals surface area contributed by atoms with Gasteiger partial charge in [0, 0.05) is 0 Å². The predicted octanol–water partition coefficient (Wildman–Crippen LogP) is -13.2. The van der Waals surface area contributed by atoms with E-state index in [0.717, 1.165) is 0 Å². The van der Waals surface area contributed by atoms with Gasteiger partial charge in [-0.3, -0.25) is 0 Å². The van der Waals surface area contributed by atoms with Crippen LogP contribution in [0.3, 0.4) is 0 Å². The van der Waals surface area contributed by atoms with Crippen molar-refractivity contribution in [1.29, 1.82) is 0 Å². The van der Waals surface area contributed by atoms with Gasteiger partial charge in [-0.15, -0.1) is 0 Å². The van der Waals surface area contributed by atoms with Crippen LogP contribution in [-0.2, 0) is 28.8 Å². The molecule has 0 amide bonds. The fourth-order valence-electron chi connectivity index (χ4n) is 0.700. The van der Waals surface area contributed by atoms with Crippen LogP contribution in [0.1, 0.15) is 0 Å². The number of rotatable bonds is 12. The van der Waals surface area contributed by atoms with E-state index in [2.05, 4.69) is 0 Å². The number of carbonyl (C=O) groups is 6. The Labute approximate surface area is 227 Å². The molecule has 0 aromatic heterocycles. The van der Waals surface area contributed by atoms with Gasteiger partial charge in [-0.1, -0.05) is 35.3 Å². The number of hydrogen-bond acceptors (Lipinski definition) is 21. The van der Waals surface area contributed by atoms with Gasteiger partial charge in [-0.05, 0) is 0 Å². The first-order valence-electron chi connectivity index (χ1n) is 7.14. The molecule has 0 aliphatic carbocycles. The molecule has 0 radical (unpaired) electrons. The van der Waals surface area contributed by atoms with E-state index in [-0.39, 0.29) is 70.0 Å². The normalized spacial score (nSPS) is 14.6. The molecule has 6 atom stereocenters. The van der Waals surface area contributed by atoms with Crippen LogP contribution >= 0.6 is 35.3 Å². The fraction of sp³-hybridized carbons (Fsp3) is 0.500. The number of aliphatic carboxylic acids is 6. The predicted molar refractivity (Wildman–Crippen MR) is 100 cm³/mol. The van der Waals surface area contributed by atoms with Crippen molar-refractivity contribution < 1.29 is 90.0 Å².